The van der Waals surface area contributed by atoms with E-state index in [1.807, 2.05) is 12.1 Å². The summed E-state index contributed by atoms with van der Waals surface area (Å²) in [6, 6.07) is 9.16. The van der Waals surface area contributed by atoms with Crippen LogP contribution in [0.4, 0.5) is 16.2 Å². The molecular formula is C25H27ClN4O4. The summed E-state index contributed by atoms with van der Waals surface area (Å²) in [6.07, 6.45) is 2.60. The van der Waals surface area contributed by atoms with Gasteiger partial charge in [0.2, 0.25) is 0 Å². The van der Waals surface area contributed by atoms with Gasteiger partial charge in [-0.2, -0.15) is 0 Å². The molecule has 2 aromatic carbocycles. The summed E-state index contributed by atoms with van der Waals surface area (Å²) in [6.45, 7) is 9.63. The number of hydrogen-bond donors (Lipinski definition) is 1. The third kappa shape index (κ3) is 4.25. The van der Waals surface area contributed by atoms with Gasteiger partial charge < -0.3 is 10.2 Å². The lowest BCUT2D eigenvalue weighted by atomic mass is 9.79. The molecule has 34 heavy (non-hydrogen) atoms. The molecule has 0 radical (unpaired) electrons. The van der Waals surface area contributed by atoms with Crippen molar-refractivity contribution in [3.05, 3.63) is 73.9 Å². The van der Waals surface area contributed by atoms with Gasteiger partial charge in [0.1, 0.15) is 5.70 Å². The van der Waals surface area contributed by atoms with Crippen molar-refractivity contribution in [2.45, 2.75) is 52.1 Å². The monoisotopic (exact) mass is 482 g/mol. The molecule has 2 aliphatic heterocycles. The van der Waals surface area contributed by atoms with E-state index in [1.165, 1.54) is 24.3 Å². The van der Waals surface area contributed by atoms with E-state index in [-0.39, 0.29) is 23.5 Å². The van der Waals surface area contributed by atoms with Crippen LogP contribution in [0.1, 0.15) is 56.7 Å². The van der Waals surface area contributed by atoms with Crippen LogP contribution >= 0.6 is 11.6 Å². The normalized spacial score (nSPS) is 20.5. The van der Waals surface area contributed by atoms with E-state index in [9.17, 15) is 19.7 Å². The fourth-order valence-corrected chi connectivity index (χ4v) is 5.22. The van der Waals surface area contributed by atoms with E-state index in [2.05, 4.69) is 37.9 Å². The molecular weight excluding hydrogens is 456 g/mol. The van der Waals surface area contributed by atoms with Gasteiger partial charge in [-0.3, -0.25) is 19.8 Å². The molecule has 2 aliphatic rings. The van der Waals surface area contributed by atoms with Gasteiger partial charge in [-0.25, -0.2) is 4.79 Å². The number of hydrogen-bond acceptors (Lipinski definition) is 5. The molecule has 0 aliphatic carbocycles. The maximum atomic E-state index is 13.0. The summed E-state index contributed by atoms with van der Waals surface area (Å²) in [5.41, 5.74) is 3.64. The molecule has 0 aromatic heterocycles. The number of urea groups is 1. The second-order valence-electron chi connectivity index (χ2n) is 9.40. The predicted molar refractivity (Wildman–Crippen MR) is 132 cm³/mol. The molecule has 1 atom stereocenters. The quantitative estimate of drug-likeness (QED) is 0.264. The molecule has 1 unspecified atom stereocenters. The van der Waals surface area contributed by atoms with E-state index >= 15 is 0 Å². The van der Waals surface area contributed by atoms with Gasteiger partial charge in [0.25, 0.3) is 11.6 Å². The van der Waals surface area contributed by atoms with Crippen LogP contribution in [-0.4, -0.2) is 33.8 Å². The van der Waals surface area contributed by atoms with Crippen molar-refractivity contribution >= 4 is 41.0 Å². The highest BCUT2D eigenvalue weighted by Crippen LogP contribution is 2.45. The number of nitrogens with one attached hydrogen (secondary N) is 1. The van der Waals surface area contributed by atoms with Crippen LogP contribution in [0, 0.1) is 10.1 Å². The Labute approximate surface area is 203 Å². The Balaban J connectivity index is 1.61. The van der Waals surface area contributed by atoms with Crippen molar-refractivity contribution in [2.75, 3.05) is 11.4 Å². The molecule has 0 saturated carbocycles. The minimum Gasteiger partial charge on any atom is -0.366 e. The van der Waals surface area contributed by atoms with Crippen molar-refractivity contribution in [1.82, 2.24) is 10.2 Å². The van der Waals surface area contributed by atoms with Gasteiger partial charge in [-0.15, -0.1) is 0 Å². The Kier molecular flexibility index (Phi) is 6.12. The maximum absolute atomic E-state index is 13.0. The lowest BCUT2D eigenvalue weighted by Crippen LogP contribution is -2.48. The molecule has 0 bridgehead atoms. The summed E-state index contributed by atoms with van der Waals surface area (Å²) in [7, 11) is 0. The number of amides is 3. The van der Waals surface area contributed by atoms with Crippen molar-refractivity contribution in [3.8, 4) is 0 Å². The number of carbonyl (C=O) groups is 2. The molecule has 2 aromatic rings. The zero-order valence-electron chi connectivity index (χ0n) is 19.6. The average Bonchev–Trinajstić information content (AvgIpc) is 3.02. The molecule has 2 heterocycles. The van der Waals surface area contributed by atoms with Crippen molar-refractivity contribution in [3.63, 3.8) is 0 Å². The molecule has 3 amide bonds. The van der Waals surface area contributed by atoms with Gasteiger partial charge in [-0.05, 0) is 68.0 Å². The highest BCUT2D eigenvalue weighted by Gasteiger charge is 2.37. The highest BCUT2D eigenvalue weighted by atomic mass is 35.5. The number of nitro benzene ring substituents is 1. The zero-order valence-corrected chi connectivity index (χ0v) is 20.3. The minimum atomic E-state index is -0.545. The van der Waals surface area contributed by atoms with E-state index < -0.39 is 16.9 Å². The number of fused-ring (bicyclic) bond motifs is 1. The van der Waals surface area contributed by atoms with Gasteiger partial charge in [-0.1, -0.05) is 30.7 Å². The lowest BCUT2D eigenvalue weighted by molar-refractivity contribution is -0.384. The number of non-ortho nitro benzene ring substituents is 1. The van der Waals surface area contributed by atoms with E-state index in [1.54, 1.807) is 6.08 Å². The number of carbonyl (C=O) groups excluding carboxylic acids is 2. The summed E-state index contributed by atoms with van der Waals surface area (Å²) in [5, 5.41) is 14.0. The fraction of sp³-hybridized carbons (Fsp3) is 0.360. The Morgan fingerprint density at radius 3 is 2.53 bits per heavy atom. The van der Waals surface area contributed by atoms with Crippen LogP contribution in [0.25, 0.3) is 6.08 Å². The van der Waals surface area contributed by atoms with Crippen LogP contribution < -0.4 is 10.2 Å². The summed E-state index contributed by atoms with van der Waals surface area (Å²) >= 11 is 6.63. The molecule has 4 rings (SSSR count). The number of rotatable bonds is 5. The Morgan fingerprint density at radius 1 is 1.24 bits per heavy atom. The van der Waals surface area contributed by atoms with Crippen LogP contribution in [-0.2, 0) is 11.3 Å². The molecule has 0 spiro atoms. The molecule has 1 N–H and O–H groups in total. The summed E-state index contributed by atoms with van der Waals surface area (Å²) in [5.74, 6) is -0.156. The largest absolute Gasteiger partial charge is 0.366 e. The maximum Gasteiger partial charge on any atom is 0.329 e. The van der Waals surface area contributed by atoms with Crippen LogP contribution in [0.5, 0.6) is 0 Å². The van der Waals surface area contributed by atoms with Crippen LogP contribution in [0.2, 0.25) is 5.02 Å². The Bertz CT molecular complexity index is 1210. The average molecular weight is 483 g/mol. The lowest BCUT2D eigenvalue weighted by Gasteiger charge is -2.47. The predicted octanol–water partition coefficient (Wildman–Crippen LogP) is 5.45. The molecule has 9 heteroatoms. The van der Waals surface area contributed by atoms with Gasteiger partial charge >= 0.3 is 6.03 Å². The smallest absolute Gasteiger partial charge is 0.329 e. The number of nitro groups is 1. The third-order valence-electron chi connectivity index (χ3n) is 6.57. The number of halogens is 1. The second kappa shape index (κ2) is 8.76. The minimum absolute atomic E-state index is 0.00942. The van der Waals surface area contributed by atoms with E-state index in [0.717, 1.165) is 29.1 Å². The molecule has 8 nitrogen and oxygen atoms in total. The topological polar surface area (TPSA) is 95.8 Å². The van der Waals surface area contributed by atoms with Crippen molar-refractivity contribution < 1.29 is 14.5 Å². The van der Waals surface area contributed by atoms with Gasteiger partial charge in [0.05, 0.1) is 11.5 Å². The van der Waals surface area contributed by atoms with Crippen molar-refractivity contribution in [1.29, 1.82) is 0 Å². The third-order valence-corrected chi connectivity index (χ3v) is 6.90. The van der Waals surface area contributed by atoms with Crippen molar-refractivity contribution in [2.24, 2.45) is 0 Å². The zero-order chi connectivity index (χ0) is 24.8. The number of benzene rings is 2. The Hall–Kier alpha value is -3.39. The van der Waals surface area contributed by atoms with Crippen LogP contribution in [0.3, 0.4) is 0 Å². The first kappa shape index (κ1) is 23.8. The summed E-state index contributed by atoms with van der Waals surface area (Å²) in [4.78, 5) is 39.2. The first-order chi connectivity index (χ1) is 16.0. The number of imide groups is 1. The van der Waals surface area contributed by atoms with Gasteiger partial charge in [0.15, 0.2) is 0 Å². The Morgan fingerprint density at radius 2 is 1.91 bits per heavy atom. The standard InChI is InChI=1S/C25H27ClN4O4/c1-5-29-22-12-20(26)17(10-19(22)15(2)13-25(29,3)4)11-21-23(31)28(24(32)27-21)14-16-6-8-18(9-7-16)30(33)34/h6-12,15H,5,13-14H2,1-4H3,(H,27,32)/b21-11+. The molecule has 1 fully saturated rings. The number of nitrogens with zero attached hydrogens (tertiary/aromatic N) is 3. The molecule has 1 saturated heterocycles. The summed E-state index contributed by atoms with van der Waals surface area (Å²) < 4.78 is 0. The second-order valence-corrected chi connectivity index (χ2v) is 9.80. The first-order valence-corrected chi connectivity index (χ1v) is 11.6. The van der Waals surface area contributed by atoms with E-state index in [4.69, 9.17) is 11.6 Å². The van der Waals surface area contributed by atoms with Gasteiger partial charge in [0, 0.05) is 34.9 Å². The highest BCUT2D eigenvalue weighted by molar-refractivity contribution is 6.32. The molecule has 178 valence electrons. The first-order valence-electron chi connectivity index (χ1n) is 11.2. The van der Waals surface area contributed by atoms with Crippen LogP contribution in [0.15, 0.2) is 42.1 Å². The SMILES string of the molecule is CCN1c2cc(Cl)c(/C=C3/NC(=O)N(Cc4ccc([N+](=O)[O-])cc4)C3=O)cc2C(C)CC1(C)C. The van der Waals surface area contributed by atoms with E-state index in [0.29, 0.717) is 22.1 Å². The number of anilines is 1. The fourth-order valence-electron chi connectivity index (χ4n) is 5.01.